The molecule has 0 aromatic carbocycles. The van der Waals surface area contributed by atoms with E-state index in [0.717, 1.165) is 6.54 Å². The van der Waals surface area contributed by atoms with Gasteiger partial charge < -0.3 is 20.1 Å². The molecule has 1 aromatic heterocycles. The fourth-order valence-electron chi connectivity index (χ4n) is 5.27. The second kappa shape index (κ2) is 6.98. The Morgan fingerprint density at radius 2 is 2.18 bits per heavy atom. The molecule has 1 unspecified atom stereocenters. The first-order chi connectivity index (χ1) is 13.6. The molecular formula is C20H25N5O3. The van der Waals surface area contributed by atoms with Crippen LogP contribution in [0, 0.1) is 35.0 Å². The summed E-state index contributed by atoms with van der Waals surface area (Å²) in [6.45, 7) is 2.04. The van der Waals surface area contributed by atoms with Gasteiger partial charge in [-0.3, -0.25) is 9.78 Å². The molecule has 4 aliphatic rings. The number of amides is 1. The molecule has 8 nitrogen and oxygen atoms in total. The molecule has 1 amide bonds. The van der Waals surface area contributed by atoms with Gasteiger partial charge in [0.15, 0.2) is 5.69 Å². The number of carbonyl (C=O) groups is 1. The van der Waals surface area contributed by atoms with E-state index in [-0.39, 0.29) is 41.6 Å². The van der Waals surface area contributed by atoms with Gasteiger partial charge in [0.05, 0.1) is 36.6 Å². The van der Waals surface area contributed by atoms with Crippen LogP contribution in [0.2, 0.25) is 0 Å². The molecular weight excluding hydrogens is 358 g/mol. The van der Waals surface area contributed by atoms with Crippen LogP contribution in [0.3, 0.4) is 0 Å². The number of aromatic nitrogens is 2. The van der Waals surface area contributed by atoms with E-state index < -0.39 is 6.10 Å². The molecule has 2 bridgehead atoms. The van der Waals surface area contributed by atoms with Crippen LogP contribution < -0.4 is 10.2 Å². The van der Waals surface area contributed by atoms with Crippen LogP contribution in [0.1, 0.15) is 31.4 Å². The van der Waals surface area contributed by atoms with Crippen molar-refractivity contribution in [1.82, 2.24) is 15.3 Å². The van der Waals surface area contributed by atoms with Crippen molar-refractivity contribution in [2.45, 2.75) is 44.0 Å². The van der Waals surface area contributed by atoms with Crippen molar-refractivity contribution in [2.24, 2.45) is 23.7 Å². The average molecular weight is 383 g/mol. The van der Waals surface area contributed by atoms with Crippen LogP contribution in [0.4, 0.5) is 5.82 Å². The highest BCUT2D eigenvalue weighted by atomic mass is 16.5. The van der Waals surface area contributed by atoms with E-state index in [9.17, 15) is 9.90 Å². The third-order valence-electron chi connectivity index (χ3n) is 7.06. The first-order valence-corrected chi connectivity index (χ1v) is 10.2. The largest absolute Gasteiger partial charge is 0.390 e. The van der Waals surface area contributed by atoms with Gasteiger partial charge in [-0.05, 0) is 25.2 Å². The topological polar surface area (TPSA) is 111 Å². The molecule has 3 saturated heterocycles. The molecule has 1 saturated carbocycles. The second-order valence-electron chi connectivity index (χ2n) is 8.62. The zero-order valence-electron chi connectivity index (χ0n) is 15.7. The molecule has 148 valence electrons. The highest BCUT2D eigenvalue weighted by Gasteiger charge is 2.58. The monoisotopic (exact) mass is 383 g/mol. The number of nitrogens with one attached hydrogen (secondary N) is 1. The molecule has 0 spiro atoms. The summed E-state index contributed by atoms with van der Waals surface area (Å²) in [5.74, 6) is 1.24. The summed E-state index contributed by atoms with van der Waals surface area (Å²) < 4.78 is 6.11. The Labute approximate surface area is 163 Å². The quantitative estimate of drug-likeness (QED) is 0.777. The number of carbonyl (C=O) groups excluding carboxylic acids is 1. The summed E-state index contributed by atoms with van der Waals surface area (Å²) in [5, 5.41) is 23.0. The van der Waals surface area contributed by atoms with Gasteiger partial charge in [-0.15, -0.1) is 0 Å². The number of nitriles is 1. The van der Waals surface area contributed by atoms with Crippen molar-refractivity contribution >= 4 is 11.7 Å². The highest BCUT2D eigenvalue weighted by Crippen LogP contribution is 2.47. The van der Waals surface area contributed by atoms with Gasteiger partial charge in [-0.2, -0.15) is 5.26 Å². The van der Waals surface area contributed by atoms with Crippen LogP contribution in [0.5, 0.6) is 0 Å². The van der Waals surface area contributed by atoms with E-state index in [2.05, 4.69) is 20.2 Å². The zero-order chi connectivity index (χ0) is 19.3. The number of hydrogen-bond acceptors (Lipinski definition) is 7. The maximum atomic E-state index is 12.8. The van der Waals surface area contributed by atoms with Gasteiger partial charge in [0, 0.05) is 31.5 Å². The van der Waals surface area contributed by atoms with E-state index in [4.69, 9.17) is 10.00 Å². The number of nitrogens with zero attached hydrogens (tertiary/aromatic N) is 4. The SMILES string of the molecule is N#Cc1cncc(N2C[C@H]3[C@H](O)[C@@H]4CC(C(=O)NCC5CCC5)[C@@H](O4)[C@H]3C2)n1. The van der Waals surface area contributed by atoms with Crippen LogP contribution in [0.25, 0.3) is 0 Å². The maximum absolute atomic E-state index is 12.8. The number of rotatable bonds is 4. The summed E-state index contributed by atoms with van der Waals surface area (Å²) in [6, 6.07) is 2.02. The van der Waals surface area contributed by atoms with Crippen molar-refractivity contribution < 1.29 is 14.6 Å². The minimum Gasteiger partial charge on any atom is -0.390 e. The van der Waals surface area contributed by atoms with Gasteiger partial charge in [0.25, 0.3) is 0 Å². The van der Waals surface area contributed by atoms with Crippen LogP contribution >= 0.6 is 0 Å². The van der Waals surface area contributed by atoms with Gasteiger partial charge in [0.2, 0.25) is 5.91 Å². The zero-order valence-corrected chi connectivity index (χ0v) is 15.7. The maximum Gasteiger partial charge on any atom is 0.225 e. The molecule has 3 aliphatic heterocycles. The van der Waals surface area contributed by atoms with E-state index in [1.807, 2.05) is 6.07 Å². The summed E-state index contributed by atoms with van der Waals surface area (Å²) in [6.07, 6.45) is 6.32. The lowest BCUT2D eigenvalue weighted by atomic mass is 9.82. The average Bonchev–Trinajstić information content (AvgIpc) is 3.29. The number of hydrogen-bond donors (Lipinski definition) is 2. The second-order valence-corrected chi connectivity index (χ2v) is 8.62. The van der Waals surface area contributed by atoms with E-state index >= 15 is 0 Å². The molecule has 1 aliphatic carbocycles. The van der Waals surface area contributed by atoms with Gasteiger partial charge in [0.1, 0.15) is 11.9 Å². The number of fused-ring (bicyclic) bond motifs is 4. The molecule has 4 heterocycles. The minimum atomic E-state index is -0.581. The molecule has 1 aromatic rings. The molecule has 2 N–H and O–H groups in total. The fraction of sp³-hybridized carbons (Fsp3) is 0.700. The summed E-state index contributed by atoms with van der Waals surface area (Å²) >= 11 is 0. The van der Waals surface area contributed by atoms with Crippen molar-refractivity contribution in [3.63, 3.8) is 0 Å². The third kappa shape index (κ3) is 2.93. The molecule has 4 fully saturated rings. The van der Waals surface area contributed by atoms with Crippen molar-refractivity contribution in [3.8, 4) is 6.07 Å². The van der Waals surface area contributed by atoms with E-state index in [1.165, 1.54) is 25.5 Å². The number of aliphatic hydroxyl groups is 1. The lowest BCUT2D eigenvalue weighted by Gasteiger charge is -2.36. The number of anilines is 1. The predicted octanol–water partition coefficient (Wildman–Crippen LogP) is 0.465. The van der Waals surface area contributed by atoms with Crippen LogP contribution in [0.15, 0.2) is 12.4 Å². The molecule has 28 heavy (non-hydrogen) atoms. The fourth-order valence-corrected chi connectivity index (χ4v) is 5.27. The molecule has 6 atom stereocenters. The molecule has 8 heteroatoms. The molecule has 0 radical (unpaired) electrons. The van der Waals surface area contributed by atoms with Crippen LogP contribution in [-0.2, 0) is 9.53 Å². The standard InChI is InChI=1S/C20H25N5O3/c21-5-12-7-22-8-17(24-12)25-9-14-15(10-25)19-13(4-16(28-19)18(14)26)20(27)23-6-11-2-1-3-11/h7-8,11,13-16,18-19,26H,1-4,6,9-10H2,(H,23,27)/t13?,14-,15+,16+,18+,19-/m1/s1. The lowest BCUT2D eigenvalue weighted by Crippen LogP contribution is -2.47. The third-order valence-corrected chi connectivity index (χ3v) is 7.06. The predicted molar refractivity (Wildman–Crippen MR) is 99.1 cm³/mol. The highest BCUT2D eigenvalue weighted by molar-refractivity contribution is 5.79. The van der Waals surface area contributed by atoms with Crippen molar-refractivity contribution in [3.05, 3.63) is 18.1 Å². The first kappa shape index (κ1) is 17.8. The Morgan fingerprint density at radius 1 is 1.36 bits per heavy atom. The summed E-state index contributed by atoms with van der Waals surface area (Å²) in [5.41, 5.74) is 0.277. The summed E-state index contributed by atoms with van der Waals surface area (Å²) in [4.78, 5) is 23.3. The van der Waals surface area contributed by atoms with Gasteiger partial charge >= 0.3 is 0 Å². The summed E-state index contributed by atoms with van der Waals surface area (Å²) in [7, 11) is 0. The van der Waals surface area contributed by atoms with E-state index in [1.54, 1.807) is 6.20 Å². The number of ether oxygens (including phenoxy) is 1. The Kier molecular flexibility index (Phi) is 4.44. The smallest absolute Gasteiger partial charge is 0.225 e. The first-order valence-electron chi connectivity index (χ1n) is 10.2. The Balaban J connectivity index is 1.31. The Morgan fingerprint density at radius 3 is 2.93 bits per heavy atom. The van der Waals surface area contributed by atoms with Gasteiger partial charge in [-0.1, -0.05) is 6.42 Å². The normalized spacial score (nSPS) is 36.5. The van der Waals surface area contributed by atoms with Crippen molar-refractivity contribution in [1.29, 1.82) is 5.26 Å². The van der Waals surface area contributed by atoms with E-state index in [0.29, 0.717) is 31.2 Å². The van der Waals surface area contributed by atoms with Crippen LogP contribution in [-0.4, -0.2) is 58.9 Å². The Bertz CT molecular complexity index is 807. The van der Waals surface area contributed by atoms with Crippen molar-refractivity contribution in [2.75, 3.05) is 24.5 Å². The lowest BCUT2D eigenvalue weighted by molar-refractivity contribution is -0.140. The molecule has 5 rings (SSSR count). The number of aliphatic hydroxyl groups excluding tert-OH is 1. The minimum absolute atomic E-state index is 0.0423. The Hall–Kier alpha value is -2.24. The van der Waals surface area contributed by atoms with Gasteiger partial charge in [-0.25, -0.2) is 4.98 Å².